The minimum Gasteiger partial charge on any atom is -0.376 e. The average molecular weight is 235 g/mol. The summed E-state index contributed by atoms with van der Waals surface area (Å²) in [4.78, 5) is 19.8. The van der Waals surface area contributed by atoms with Crippen molar-refractivity contribution in [3.63, 3.8) is 0 Å². The van der Waals surface area contributed by atoms with E-state index >= 15 is 0 Å². The van der Waals surface area contributed by atoms with Gasteiger partial charge in [0, 0.05) is 0 Å². The third kappa shape index (κ3) is 6.66. The smallest absolute Gasteiger partial charge is 0.376 e. The van der Waals surface area contributed by atoms with E-state index in [0.29, 0.717) is 11.1 Å². The molecule has 0 N–H and O–H groups in total. The zero-order valence-corrected chi connectivity index (χ0v) is 10.7. The molecule has 2 rings (SSSR count). The van der Waals surface area contributed by atoms with E-state index < -0.39 is 0 Å². The summed E-state index contributed by atoms with van der Waals surface area (Å²) < 4.78 is 0. The van der Waals surface area contributed by atoms with Gasteiger partial charge in [0.1, 0.15) is 0 Å². The Kier molecular flexibility index (Phi) is 8.92. The molecule has 0 saturated heterocycles. The van der Waals surface area contributed by atoms with E-state index in [-0.39, 0.29) is 23.1 Å². The van der Waals surface area contributed by atoms with Crippen molar-refractivity contribution in [2.24, 2.45) is 0 Å². The summed E-state index contributed by atoms with van der Waals surface area (Å²) in [6.45, 7) is 0. The van der Waals surface area contributed by atoms with Crippen LogP contribution in [0, 0.1) is 0 Å². The zero-order valence-electron chi connectivity index (χ0n) is 9.30. The molecule has 2 aromatic carbocycles. The molecule has 0 aliphatic carbocycles. The second kappa shape index (κ2) is 9.75. The molecule has 0 amide bonds. The SMILES string of the molecule is O=[C-]c1ccccc1.O=[C-]c1ccccc1.[Mg+2]. The minimum atomic E-state index is 0. The largest absolute Gasteiger partial charge is 2.00 e. The predicted octanol–water partition coefficient (Wildman–Crippen LogP) is 1.91. The van der Waals surface area contributed by atoms with E-state index in [1.165, 1.54) is 0 Å². The molecule has 0 saturated carbocycles. The summed E-state index contributed by atoms with van der Waals surface area (Å²) in [5.74, 6) is 0. The van der Waals surface area contributed by atoms with Gasteiger partial charge in [-0.3, -0.25) is 0 Å². The Bertz CT molecular complexity index is 383. The summed E-state index contributed by atoms with van der Waals surface area (Å²) in [5.41, 5.74) is 1.21. The van der Waals surface area contributed by atoms with Gasteiger partial charge in [0.25, 0.3) is 0 Å². The van der Waals surface area contributed by atoms with Gasteiger partial charge in [-0.1, -0.05) is 12.1 Å². The van der Waals surface area contributed by atoms with Crippen LogP contribution in [0.25, 0.3) is 0 Å². The summed E-state index contributed by atoms with van der Waals surface area (Å²) in [5, 5.41) is 0. The van der Waals surface area contributed by atoms with E-state index in [1.807, 2.05) is 12.1 Å². The molecular weight excluding hydrogens is 224 g/mol. The van der Waals surface area contributed by atoms with Crippen molar-refractivity contribution in [2.75, 3.05) is 0 Å². The summed E-state index contributed by atoms with van der Waals surface area (Å²) in [7, 11) is 0. The Labute approximate surface area is 117 Å². The van der Waals surface area contributed by atoms with Crippen molar-refractivity contribution >= 4 is 35.6 Å². The van der Waals surface area contributed by atoms with Crippen LogP contribution in [0.15, 0.2) is 60.7 Å². The van der Waals surface area contributed by atoms with Crippen molar-refractivity contribution in [3.05, 3.63) is 71.8 Å². The molecule has 0 aromatic heterocycles. The molecule has 0 unspecified atom stereocenters. The number of carbonyl (C=O) groups excluding carboxylic acids is 2. The number of benzene rings is 2. The molecule has 0 heterocycles. The van der Waals surface area contributed by atoms with Crippen LogP contribution in [-0.2, 0) is 9.59 Å². The minimum absolute atomic E-state index is 0. The zero-order chi connectivity index (χ0) is 11.6. The first-order valence-corrected chi connectivity index (χ1v) is 4.73. The predicted molar refractivity (Wildman–Crippen MR) is 68.2 cm³/mol. The Morgan fingerprint density at radius 2 is 0.882 bits per heavy atom. The molecule has 0 fully saturated rings. The average Bonchev–Trinajstić information content (AvgIpc) is 2.41. The second-order valence-electron chi connectivity index (χ2n) is 2.94. The molecule has 0 radical (unpaired) electrons. The van der Waals surface area contributed by atoms with Gasteiger partial charge >= 0.3 is 23.1 Å². The Morgan fingerprint density at radius 1 is 0.588 bits per heavy atom. The fraction of sp³-hybridized carbons (Fsp3) is 0. The monoisotopic (exact) mass is 234 g/mol. The van der Waals surface area contributed by atoms with Gasteiger partial charge in [-0.2, -0.15) is 35.4 Å². The van der Waals surface area contributed by atoms with Gasteiger partial charge in [0.05, 0.1) is 12.6 Å². The number of hydrogen-bond donors (Lipinski definition) is 0. The quantitative estimate of drug-likeness (QED) is 0.588. The standard InChI is InChI=1S/2C7H5O.Mg/c2*8-6-7-4-2-1-3-5-7;/h2*1-5H;/q2*-1;+2. The van der Waals surface area contributed by atoms with E-state index in [9.17, 15) is 9.59 Å². The van der Waals surface area contributed by atoms with Gasteiger partial charge in [0.2, 0.25) is 0 Å². The van der Waals surface area contributed by atoms with Crippen molar-refractivity contribution in [1.29, 1.82) is 0 Å². The van der Waals surface area contributed by atoms with Crippen LogP contribution in [0.5, 0.6) is 0 Å². The van der Waals surface area contributed by atoms with Crippen LogP contribution in [0.1, 0.15) is 11.1 Å². The van der Waals surface area contributed by atoms with E-state index in [0.717, 1.165) is 0 Å². The third-order valence-electron chi connectivity index (χ3n) is 1.78. The molecule has 0 aliphatic rings. The van der Waals surface area contributed by atoms with Gasteiger partial charge in [-0.05, 0) is 0 Å². The molecular formula is C14H10MgO2. The molecule has 3 heteroatoms. The van der Waals surface area contributed by atoms with Crippen LogP contribution >= 0.6 is 0 Å². The fourth-order valence-electron chi connectivity index (χ4n) is 1.01. The molecule has 0 bridgehead atoms. The first-order valence-electron chi connectivity index (χ1n) is 4.73. The third-order valence-corrected chi connectivity index (χ3v) is 1.78. The normalized spacial score (nSPS) is 8.00. The second-order valence-corrected chi connectivity index (χ2v) is 2.94. The van der Waals surface area contributed by atoms with Gasteiger partial charge in [-0.15, -0.1) is 24.3 Å². The van der Waals surface area contributed by atoms with Crippen molar-refractivity contribution < 1.29 is 9.59 Å². The van der Waals surface area contributed by atoms with Crippen LogP contribution in [-0.4, -0.2) is 35.6 Å². The summed E-state index contributed by atoms with van der Waals surface area (Å²) in [6, 6.07) is 17.8. The molecule has 17 heavy (non-hydrogen) atoms. The molecule has 0 atom stereocenters. The van der Waals surface area contributed by atoms with Crippen LogP contribution in [0.3, 0.4) is 0 Å². The van der Waals surface area contributed by atoms with Crippen molar-refractivity contribution in [3.8, 4) is 0 Å². The Hall–Kier alpha value is -1.45. The van der Waals surface area contributed by atoms with E-state index in [4.69, 9.17) is 0 Å². The molecule has 2 aromatic rings. The van der Waals surface area contributed by atoms with Crippen LogP contribution in [0.4, 0.5) is 0 Å². The van der Waals surface area contributed by atoms with Crippen molar-refractivity contribution in [2.45, 2.75) is 0 Å². The first kappa shape index (κ1) is 15.5. The van der Waals surface area contributed by atoms with E-state index in [1.54, 1.807) is 61.1 Å². The Balaban J connectivity index is 0.000000284. The molecule has 0 aliphatic heterocycles. The van der Waals surface area contributed by atoms with Crippen molar-refractivity contribution in [1.82, 2.24) is 0 Å². The van der Waals surface area contributed by atoms with Crippen LogP contribution < -0.4 is 0 Å². The maximum Gasteiger partial charge on any atom is 2.00 e. The van der Waals surface area contributed by atoms with E-state index in [2.05, 4.69) is 0 Å². The maximum atomic E-state index is 9.88. The fourth-order valence-corrected chi connectivity index (χ4v) is 1.01. The van der Waals surface area contributed by atoms with Crippen LogP contribution in [0.2, 0.25) is 0 Å². The van der Waals surface area contributed by atoms with Gasteiger partial charge in [0.15, 0.2) is 0 Å². The van der Waals surface area contributed by atoms with Gasteiger partial charge in [-0.25, -0.2) is 0 Å². The molecule has 0 spiro atoms. The van der Waals surface area contributed by atoms with Gasteiger partial charge < -0.3 is 9.59 Å². The number of hydrogen-bond acceptors (Lipinski definition) is 2. The topological polar surface area (TPSA) is 34.1 Å². The maximum absolute atomic E-state index is 9.88. The Morgan fingerprint density at radius 3 is 1.06 bits per heavy atom. The molecule has 2 nitrogen and oxygen atoms in total. The summed E-state index contributed by atoms with van der Waals surface area (Å²) in [6.07, 6.45) is 3.55. The molecule has 80 valence electrons. The first-order chi connectivity index (χ1) is 7.86. The number of rotatable bonds is 2. The summed E-state index contributed by atoms with van der Waals surface area (Å²) >= 11 is 0.